The third-order valence-corrected chi connectivity index (χ3v) is 4.85. The molecule has 2 fully saturated rings. The Morgan fingerprint density at radius 2 is 1.57 bits per heavy atom. The topological polar surface area (TPSA) is 0 Å². The van der Waals surface area contributed by atoms with Gasteiger partial charge >= 0.3 is 0 Å². The van der Waals surface area contributed by atoms with Crippen molar-refractivity contribution in [2.24, 2.45) is 17.3 Å². The molecule has 82 valence electrons. The normalized spacial score (nSPS) is 32.4. The molecule has 0 aromatic rings. The molecule has 1 spiro atoms. The molecule has 14 heavy (non-hydrogen) atoms. The average Bonchev–Trinajstić information content (AvgIpc) is 2.41. The van der Waals surface area contributed by atoms with Gasteiger partial charge in [-0.3, -0.25) is 0 Å². The SMILES string of the molecule is CC(C)C1CCC2(CCCCCC2)C1. The first-order chi connectivity index (χ1) is 6.72. The quantitative estimate of drug-likeness (QED) is 0.563. The summed E-state index contributed by atoms with van der Waals surface area (Å²) in [5, 5.41) is 0. The maximum atomic E-state index is 2.42. The van der Waals surface area contributed by atoms with E-state index in [1.165, 1.54) is 32.1 Å². The lowest BCUT2D eigenvalue weighted by Crippen LogP contribution is -2.16. The van der Waals surface area contributed by atoms with Crippen molar-refractivity contribution in [3.63, 3.8) is 0 Å². The molecule has 0 amide bonds. The number of rotatable bonds is 1. The molecule has 0 aliphatic heterocycles. The van der Waals surface area contributed by atoms with Crippen LogP contribution in [0.2, 0.25) is 0 Å². The molecular formula is C14H26. The van der Waals surface area contributed by atoms with Crippen molar-refractivity contribution < 1.29 is 0 Å². The molecular weight excluding hydrogens is 168 g/mol. The van der Waals surface area contributed by atoms with Crippen molar-refractivity contribution in [3.05, 3.63) is 0 Å². The van der Waals surface area contributed by atoms with Crippen LogP contribution < -0.4 is 0 Å². The lowest BCUT2D eigenvalue weighted by atomic mass is 9.77. The van der Waals surface area contributed by atoms with E-state index in [0.29, 0.717) is 0 Å². The van der Waals surface area contributed by atoms with E-state index in [1.54, 1.807) is 25.7 Å². The molecule has 1 unspecified atom stereocenters. The van der Waals surface area contributed by atoms with Gasteiger partial charge in [-0.05, 0) is 49.4 Å². The predicted molar refractivity (Wildman–Crippen MR) is 62.3 cm³/mol. The molecule has 0 aromatic carbocycles. The van der Waals surface area contributed by atoms with Gasteiger partial charge in [-0.25, -0.2) is 0 Å². The van der Waals surface area contributed by atoms with Crippen LogP contribution in [0.25, 0.3) is 0 Å². The highest BCUT2D eigenvalue weighted by molar-refractivity contribution is 4.90. The van der Waals surface area contributed by atoms with Crippen LogP contribution in [0, 0.1) is 17.3 Å². The Morgan fingerprint density at radius 1 is 0.929 bits per heavy atom. The minimum Gasteiger partial charge on any atom is -0.0625 e. The largest absolute Gasteiger partial charge is 0.0625 e. The van der Waals surface area contributed by atoms with Gasteiger partial charge in [0.05, 0.1) is 0 Å². The maximum absolute atomic E-state index is 2.42. The second-order valence-corrected chi connectivity index (χ2v) is 6.16. The van der Waals surface area contributed by atoms with Gasteiger partial charge in [-0.2, -0.15) is 0 Å². The molecule has 0 aromatic heterocycles. The summed E-state index contributed by atoms with van der Waals surface area (Å²) in [6.07, 6.45) is 13.8. The van der Waals surface area contributed by atoms with Crippen LogP contribution in [0.1, 0.15) is 71.6 Å². The monoisotopic (exact) mass is 194 g/mol. The standard InChI is InChI=1S/C14H26/c1-12(2)13-7-10-14(11-13)8-5-3-4-6-9-14/h12-13H,3-11H2,1-2H3. The molecule has 0 saturated heterocycles. The first kappa shape index (κ1) is 10.5. The van der Waals surface area contributed by atoms with E-state index >= 15 is 0 Å². The van der Waals surface area contributed by atoms with Crippen molar-refractivity contribution >= 4 is 0 Å². The molecule has 2 saturated carbocycles. The summed E-state index contributed by atoms with van der Waals surface area (Å²) < 4.78 is 0. The summed E-state index contributed by atoms with van der Waals surface area (Å²) in [6.45, 7) is 4.83. The van der Waals surface area contributed by atoms with Crippen molar-refractivity contribution in [3.8, 4) is 0 Å². The molecule has 0 nitrogen and oxygen atoms in total. The van der Waals surface area contributed by atoms with Gasteiger partial charge in [-0.15, -0.1) is 0 Å². The van der Waals surface area contributed by atoms with Gasteiger partial charge in [-0.1, -0.05) is 39.5 Å². The predicted octanol–water partition coefficient (Wildman–Crippen LogP) is 4.78. The summed E-state index contributed by atoms with van der Waals surface area (Å²) in [5.41, 5.74) is 0.811. The zero-order valence-corrected chi connectivity index (χ0v) is 10.0. The van der Waals surface area contributed by atoms with Crippen LogP contribution in [-0.2, 0) is 0 Å². The third-order valence-electron chi connectivity index (χ3n) is 4.85. The van der Waals surface area contributed by atoms with E-state index in [-0.39, 0.29) is 0 Å². The van der Waals surface area contributed by atoms with Crippen molar-refractivity contribution in [2.45, 2.75) is 71.6 Å². The van der Waals surface area contributed by atoms with Crippen LogP contribution in [-0.4, -0.2) is 0 Å². The Kier molecular flexibility index (Phi) is 3.19. The highest BCUT2D eigenvalue weighted by atomic mass is 14.4. The van der Waals surface area contributed by atoms with Crippen molar-refractivity contribution in [1.82, 2.24) is 0 Å². The molecule has 2 aliphatic rings. The Morgan fingerprint density at radius 3 is 2.07 bits per heavy atom. The first-order valence-corrected chi connectivity index (χ1v) is 6.72. The molecule has 0 N–H and O–H groups in total. The smallest absolute Gasteiger partial charge is 0.0295 e. The van der Waals surface area contributed by atoms with Gasteiger partial charge in [0.25, 0.3) is 0 Å². The molecule has 2 rings (SSSR count). The lowest BCUT2D eigenvalue weighted by molar-refractivity contribution is 0.230. The summed E-state index contributed by atoms with van der Waals surface area (Å²) in [5.74, 6) is 1.98. The van der Waals surface area contributed by atoms with Crippen LogP contribution in [0.5, 0.6) is 0 Å². The van der Waals surface area contributed by atoms with Crippen molar-refractivity contribution in [2.75, 3.05) is 0 Å². The summed E-state index contributed by atoms with van der Waals surface area (Å²) in [7, 11) is 0. The second-order valence-electron chi connectivity index (χ2n) is 6.16. The second kappa shape index (κ2) is 4.24. The Labute approximate surface area is 89.5 Å². The highest BCUT2D eigenvalue weighted by Gasteiger charge is 2.39. The van der Waals surface area contributed by atoms with Gasteiger partial charge < -0.3 is 0 Å². The van der Waals surface area contributed by atoms with Gasteiger partial charge in [0.15, 0.2) is 0 Å². The minimum absolute atomic E-state index is 0.811. The zero-order chi connectivity index (χ0) is 10.0. The Hall–Kier alpha value is 0. The molecule has 2 aliphatic carbocycles. The Bertz CT molecular complexity index is 172. The van der Waals surface area contributed by atoms with E-state index < -0.39 is 0 Å². The summed E-state index contributed by atoms with van der Waals surface area (Å²) >= 11 is 0. The van der Waals surface area contributed by atoms with Crippen LogP contribution in [0.4, 0.5) is 0 Å². The summed E-state index contributed by atoms with van der Waals surface area (Å²) in [6, 6.07) is 0. The lowest BCUT2D eigenvalue weighted by Gasteiger charge is -2.28. The fraction of sp³-hybridized carbons (Fsp3) is 1.00. The molecule has 0 heteroatoms. The van der Waals surface area contributed by atoms with E-state index in [9.17, 15) is 0 Å². The number of hydrogen-bond acceptors (Lipinski definition) is 0. The third kappa shape index (κ3) is 2.15. The van der Waals surface area contributed by atoms with Crippen LogP contribution >= 0.6 is 0 Å². The summed E-state index contributed by atoms with van der Waals surface area (Å²) in [4.78, 5) is 0. The van der Waals surface area contributed by atoms with E-state index in [1.807, 2.05) is 0 Å². The molecule has 0 heterocycles. The maximum Gasteiger partial charge on any atom is -0.0295 e. The van der Waals surface area contributed by atoms with Gasteiger partial charge in [0.1, 0.15) is 0 Å². The molecule has 0 bridgehead atoms. The Balaban J connectivity index is 1.96. The highest BCUT2D eigenvalue weighted by Crippen LogP contribution is 2.52. The fourth-order valence-electron chi connectivity index (χ4n) is 3.75. The average molecular weight is 194 g/mol. The van der Waals surface area contributed by atoms with E-state index in [4.69, 9.17) is 0 Å². The molecule has 0 radical (unpaired) electrons. The van der Waals surface area contributed by atoms with E-state index in [0.717, 1.165) is 17.3 Å². The zero-order valence-electron chi connectivity index (χ0n) is 10.0. The van der Waals surface area contributed by atoms with Gasteiger partial charge in [0, 0.05) is 0 Å². The first-order valence-electron chi connectivity index (χ1n) is 6.72. The minimum atomic E-state index is 0.811. The fourth-order valence-corrected chi connectivity index (χ4v) is 3.75. The van der Waals surface area contributed by atoms with Gasteiger partial charge in [0.2, 0.25) is 0 Å². The van der Waals surface area contributed by atoms with Crippen molar-refractivity contribution in [1.29, 1.82) is 0 Å². The van der Waals surface area contributed by atoms with E-state index in [2.05, 4.69) is 13.8 Å². The number of hydrogen-bond donors (Lipinski definition) is 0. The molecule has 1 atom stereocenters. The van der Waals surface area contributed by atoms with Crippen LogP contribution in [0.3, 0.4) is 0 Å². The van der Waals surface area contributed by atoms with Crippen LogP contribution in [0.15, 0.2) is 0 Å².